The molecule has 0 spiro atoms. The summed E-state index contributed by atoms with van der Waals surface area (Å²) in [5.41, 5.74) is 1.34. The zero-order chi connectivity index (χ0) is 27.4. The Bertz CT molecular complexity index is 1510. The summed E-state index contributed by atoms with van der Waals surface area (Å²) in [5.74, 6) is 0.981. The molecule has 0 radical (unpaired) electrons. The molecule has 0 saturated carbocycles. The monoisotopic (exact) mass is 560 g/mol. The van der Waals surface area contributed by atoms with E-state index in [2.05, 4.69) is 34.9 Å². The first-order valence-corrected chi connectivity index (χ1v) is 13.1. The molecule has 4 rings (SSSR count). The molecule has 200 valence electrons. The largest absolute Gasteiger partial charge is 0.494 e. The molecule has 4 aromatic rings. The van der Waals surface area contributed by atoms with Crippen LogP contribution in [0.4, 0.5) is 5.95 Å². The first-order valence-electron chi connectivity index (χ1n) is 11.2. The molecule has 0 aliphatic rings. The number of benzene rings is 1. The summed E-state index contributed by atoms with van der Waals surface area (Å²) in [6, 6.07) is 5.13. The van der Waals surface area contributed by atoms with E-state index in [0.29, 0.717) is 33.6 Å². The predicted octanol–water partition coefficient (Wildman–Crippen LogP) is 3.01. The molecule has 0 bridgehead atoms. The number of aromatic nitrogens is 7. The first kappa shape index (κ1) is 27.2. The van der Waals surface area contributed by atoms with Gasteiger partial charge in [-0.05, 0) is 26.0 Å². The van der Waals surface area contributed by atoms with E-state index >= 15 is 0 Å². The van der Waals surface area contributed by atoms with Gasteiger partial charge in [0.1, 0.15) is 34.2 Å². The number of sulfonamides is 1. The standard InChI is InChI=1S/C23H25ClN8O5S/c1-13-9-25-12-16(28-13)22-29-30-23(32(22)19-17(35-3)7-6-8-18(19)36-4)31-38(33,34)14(2)20(37-5)21-26-10-15(24)11-27-21/h6-12,14,20H,1-5H3,(H,30,31). The number of ether oxygens (including phenoxy) is 3. The smallest absolute Gasteiger partial charge is 0.243 e. The maximum Gasteiger partial charge on any atom is 0.243 e. The molecule has 1 N–H and O–H groups in total. The molecule has 0 aliphatic carbocycles. The second-order valence-corrected chi connectivity index (χ2v) is 10.5. The van der Waals surface area contributed by atoms with Gasteiger partial charge in [-0.1, -0.05) is 17.7 Å². The minimum Gasteiger partial charge on any atom is -0.494 e. The Morgan fingerprint density at radius 1 is 1.00 bits per heavy atom. The molecule has 3 aromatic heterocycles. The lowest BCUT2D eigenvalue weighted by Crippen LogP contribution is -2.33. The fraction of sp³-hybridized carbons (Fsp3) is 0.304. The highest BCUT2D eigenvalue weighted by Crippen LogP contribution is 2.37. The summed E-state index contributed by atoms with van der Waals surface area (Å²) in [7, 11) is 0.172. The molecule has 0 fully saturated rings. The molecule has 1 aromatic carbocycles. The SMILES string of the molecule is COc1cccc(OC)c1-n1c(NS(=O)(=O)C(C)C(OC)c2ncc(Cl)cn2)nnc1-c1cncc(C)n1. The van der Waals surface area contributed by atoms with Crippen molar-refractivity contribution in [3.05, 3.63) is 59.5 Å². The Kier molecular flexibility index (Phi) is 8.04. The fourth-order valence-electron chi connectivity index (χ4n) is 3.71. The van der Waals surface area contributed by atoms with Crippen LogP contribution in [0, 0.1) is 6.92 Å². The zero-order valence-corrected chi connectivity index (χ0v) is 22.7. The predicted molar refractivity (Wildman–Crippen MR) is 139 cm³/mol. The fourth-order valence-corrected chi connectivity index (χ4v) is 4.94. The number of hydrogen-bond donors (Lipinski definition) is 1. The van der Waals surface area contributed by atoms with E-state index in [9.17, 15) is 8.42 Å². The molecule has 2 unspecified atom stereocenters. The van der Waals surface area contributed by atoms with Crippen molar-refractivity contribution < 1.29 is 22.6 Å². The highest BCUT2D eigenvalue weighted by Gasteiger charge is 2.35. The molecule has 13 nitrogen and oxygen atoms in total. The number of hydrogen-bond acceptors (Lipinski definition) is 11. The number of methoxy groups -OCH3 is 3. The second-order valence-electron chi connectivity index (χ2n) is 8.01. The molecule has 0 amide bonds. The van der Waals surface area contributed by atoms with E-state index in [4.69, 9.17) is 25.8 Å². The molecule has 3 heterocycles. The lowest BCUT2D eigenvalue weighted by Gasteiger charge is -2.22. The van der Waals surface area contributed by atoms with Crippen LogP contribution in [0.25, 0.3) is 17.2 Å². The van der Waals surface area contributed by atoms with Gasteiger partial charge >= 0.3 is 0 Å². The Morgan fingerprint density at radius 2 is 1.66 bits per heavy atom. The van der Waals surface area contributed by atoms with Gasteiger partial charge in [0.2, 0.25) is 16.0 Å². The van der Waals surface area contributed by atoms with Crippen LogP contribution < -0.4 is 14.2 Å². The van der Waals surface area contributed by atoms with Crippen molar-refractivity contribution in [3.63, 3.8) is 0 Å². The van der Waals surface area contributed by atoms with Gasteiger partial charge in [-0.2, -0.15) is 0 Å². The van der Waals surface area contributed by atoms with E-state index in [1.165, 1.54) is 51.4 Å². The Balaban J connectivity index is 1.84. The van der Waals surface area contributed by atoms with Crippen molar-refractivity contribution in [1.82, 2.24) is 34.7 Å². The van der Waals surface area contributed by atoms with Gasteiger partial charge in [-0.25, -0.2) is 23.4 Å². The van der Waals surface area contributed by atoms with Crippen LogP contribution in [0.3, 0.4) is 0 Å². The Hall–Kier alpha value is -3.88. The van der Waals surface area contributed by atoms with Gasteiger partial charge in [0.05, 0.1) is 31.1 Å². The van der Waals surface area contributed by atoms with E-state index in [-0.39, 0.29) is 17.6 Å². The summed E-state index contributed by atoms with van der Waals surface area (Å²) in [5, 5.41) is 7.53. The minimum absolute atomic E-state index is 0.134. The zero-order valence-electron chi connectivity index (χ0n) is 21.2. The number of nitrogens with zero attached hydrogens (tertiary/aromatic N) is 7. The highest BCUT2D eigenvalue weighted by atomic mass is 35.5. The van der Waals surface area contributed by atoms with Crippen LogP contribution in [0.5, 0.6) is 11.5 Å². The van der Waals surface area contributed by atoms with Crippen LogP contribution in [0.1, 0.15) is 24.5 Å². The molecular formula is C23H25ClN8O5S. The van der Waals surface area contributed by atoms with Crippen molar-refractivity contribution >= 4 is 27.6 Å². The molecule has 2 atom stereocenters. The maximum atomic E-state index is 13.6. The molecule has 38 heavy (non-hydrogen) atoms. The quantitative estimate of drug-likeness (QED) is 0.304. The topological polar surface area (TPSA) is 156 Å². The third-order valence-electron chi connectivity index (χ3n) is 5.57. The number of halogens is 1. The minimum atomic E-state index is -4.16. The third kappa shape index (κ3) is 5.37. The second kappa shape index (κ2) is 11.2. The summed E-state index contributed by atoms with van der Waals surface area (Å²) in [6.07, 6.45) is 4.80. The summed E-state index contributed by atoms with van der Waals surface area (Å²) >= 11 is 5.88. The van der Waals surface area contributed by atoms with E-state index in [1.807, 2.05) is 0 Å². The number of aryl methyl sites for hydroxylation is 1. The first-order chi connectivity index (χ1) is 18.2. The average Bonchev–Trinajstić information content (AvgIpc) is 3.31. The van der Waals surface area contributed by atoms with Gasteiger partial charge in [0, 0.05) is 25.7 Å². The van der Waals surface area contributed by atoms with Crippen molar-refractivity contribution in [2.45, 2.75) is 25.2 Å². The van der Waals surface area contributed by atoms with Gasteiger partial charge in [0.15, 0.2) is 11.6 Å². The van der Waals surface area contributed by atoms with E-state index in [1.54, 1.807) is 31.3 Å². The third-order valence-corrected chi connectivity index (χ3v) is 7.46. The molecule has 0 aliphatic heterocycles. The van der Waals surface area contributed by atoms with Crippen molar-refractivity contribution in [1.29, 1.82) is 0 Å². The number of anilines is 1. The number of rotatable bonds is 10. The maximum absolute atomic E-state index is 13.6. The number of nitrogens with one attached hydrogen (secondary N) is 1. The molecule has 15 heteroatoms. The van der Waals surface area contributed by atoms with E-state index in [0.717, 1.165) is 0 Å². The van der Waals surface area contributed by atoms with E-state index < -0.39 is 21.4 Å². The van der Waals surface area contributed by atoms with Crippen LogP contribution in [0.2, 0.25) is 5.02 Å². The van der Waals surface area contributed by atoms with Crippen LogP contribution in [0.15, 0.2) is 43.0 Å². The van der Waals surface area contributed by atoms with Gasteiger partial charge in [-0.3, -0.25) is 14.3 Å². The lowest BCUT2D eigenvalue weighted by atomic mass is 10.2. The van der Waals surface area contributed by atoms with Crippen LogP contribution in [-0.2, 0) is 14.8 Å². The average molecular weight is 561 g/mol. The van der Waals surface area contributed by atoms with Gasteiger partial charge in [0.25, 0.3) is 0 Å². The summed E-state index contributed by atoms with van der Waals surface area (Å²) in [6.45, 7) is 3.24. The summed E-state index contributed by atoms with van der Waals surface area (Å²) < 4.78 is 47.7. The Morgan fingerprint density at radius 3 is 2.24 bits per heavy atom. The summed E-state index contributed by atoms with van der Waals surface area (Å²) in [4.78, 5) is 16.9. The van der Waals surface area contributed by atoms with Crippen molar-refractivity contribution in [3.8, 4) is 28.7 Å². The molecule has 0 saturated heterocycles. The highest BCUT2D eigenvalue weighted by molar-refractivity contribution is 7.93. The normalized spacial score (nSPS) is 13.1. The van der Waals surface area contributed by atoms with Crippen molar-refractivity contribution in [2.24, 2.45) is 0 Å². The number of para-hydroxylation sites is 1. The van der Waals surface area contributed by atoms with Gasteiger partial charge in [-0.15, -0.1) is 10.2 Å². The van der Waals surface area contributed by atoms with Crippen LogP contribution >= 0.6 is 11.6 Å². The Labute approximate surface area is 224 Å². The van der Waals surface area contributed by atoms with Crippen LogP contribution in [-0.4, -0.2) is 69.7 Å². The lowest BCUT2D eigenvalue weighted by molar-refractivity contribution is 0.0950. The van der Waals surface area contributed by atoms with Crippen molar-refractivity contribution in [2.75, 3.05) is 26.1 Å². The van der Waals surface area contributed by atoms with Gasteiger partial charge < -0.3 is 14.2 Å². The molecular weight excluding hydrogens is 536 g/mol.